The Kier molecular flexibility index (Phi) is 6.88. The molecule has 23 heavy (non-hydrogen) atoms. The van der Waals surface area contributed by atoms with E-state index >= 15 is 0 Å². The molecule has 1 aliphatic rings. The van der Waals surface area contributed by atoms with Gasteiger partial charge in [0.25, 0.3) is 0 Å². The summed E-state index contributed by atoms with van der Waals surface area (Å²) in [6, 6.07) is 4.17. The van der Waals surface area contributed by atoms with E-state index in [4.69, 9.17) is 9.47 Å². The third-order valence-electron chi connectivity index (χ3n) is 4.61. The van der Waals surface area contributed by atoms with Gasteiger partial charge in [0, 0.05) is 19.7 Å². The van der Waals surface area contributed by atoms with Gasteiger partial charge in [0.05, 0.1) is 6.10 Å². The van der Waals surface area contributed by atoms with Crippen LogP contribution in [0.25, 0.3) is 0 Å². The van der Waals surface area contributed by atoms with Gasteiger partial charge < -0.3 is 19.5 Å². The highest BCUT2D eigenvalue weighted by molar-refractivity contribution is 5.44. The van der Waals surface area contributed by atoms with E-state index in [0.717, 1.165) is 36.4 Å². The molecule has 1 heterocycles. The van der Waals surface area contributed by atoms with Crippen molar-refractivity contribution in [1.29, 1.82) is 0 Å². The SMILES string of the molecule is Cc1ccc(C)c(OCC(O)CN(C)CC2CCCCO2)c1C. The van der Waals surface area contributed by atoms with Crippen LogP contribution in [0.5, 0.6) is 5.75 Å². The van der Waals surface area contributed by atoms with E-state index in [1.54, 1.807) is 0 Å². The Morgan fingerprint density at radius 1 is 1.26 bits per heavy atom. The second-order valence-corrected chi connectivity index (χ2v) is 6.83. The fourth-order valence-corrected chi connectivity index (χ4v) is 3.11. The zero-order valence-corrected chi connectivity index (χ0v) is 15.0. The molecule has 2 unspecified atom stereocenters. The van der Waals surface area contributed by atoms with Gasteiger partial charge in [-0.3, -0.25) is 0 Å². The van der Waals surface area contributed by atoms with E-state index < -0.39 is 6.10 Å². The second-order valence-electron chi connectivity index (χ2n) is 6.83. The minimum absolute atomic E-state index is 0.308. The molecule has 0 spiro atoms. The number of rotatable bonds is 7. The van der Waals surface area contributed by atoms with Gasteiger partial charge in [-0.15, -0.1) is 0 Å². The molecule has 4 heteroatoms. The first-order valence-electron chi connectivity index (χ1n) is 8.65. The first kappa shape index (κ1) is 18.2. The number of nitrogens with zero attached hydrogens (tertiary/aromatic N) is 1. The predicted molar refractivity (Wildman–Crippen MR) is 93.2 cm³/mol. The van der Waals surface area contributed by atoms with Crippen molar-refractivity contribution in [3.05, 3.63) is 28.8 Å². The van der Waals surface area contributed by atoms with Crippen LogP contribution < -0.4 is 4.74 Å². The molecule has 0 amide bonds. The Labute approximate surface area is 140 Å². The number of aryl methyl sites for hydroxylation is 2. The highest BCUT2D eigenvalue weighted by Crippen LogP contribution is 2.25. The number of aliphatic hydroxyl groups excluding tert-OH is 1. The van der Waals surface area contributed by atoms with Crippen LogP contribution >= 0.6 is 0 Å². The van der Waals surface area contributed by atoms with Crippen molar-refractivity contribution in [2.45, 2.75) is 52.2 Å². The van der Waals surface area contributed by atoms with E-state index in [1.807, 2.05) is 14.0 Å². The predicted octanol–water partition coefficient (Wildman–Crippen LogP) is 2.85. The summed E-state index contributed by atoms with van der Waals surface area (Å²) in [5.74, 6) is 0.905. The summed E-state index contributed by atoms with van der Waals surface area (Å²) in [5.41, 5.74) is 3.48. The molecule has 0 aromatic heterocycles. The summed E-state index contributed by atoms with van der Waals surface area (Å²) in [6.07, 6.45) is 3.35. The van der Waals surface area contributed by atoms with Crippen molar-refractivity contribution in [3.8, 4) is 5.75 Å². The topological polar surface area (TPSA) is 41.9 Å². The van der Waals surface area contributed by atoms with Crippen molar-refractivity contribution in [2.24, 2.45) is 0 Å². The standard InChI is InChI=1S/C19H31NO3/c1-14-8-9-15(2)19(16(14)3)23-13-17(21)11-20(4)12-18-7-5-6-10-22-18/h8-9,17-18,21H,5-7,10-13H2,1-4H3. The van der Waals surface area contributed by atoms with Gasteiger partial charge in [0.2, 0.25) is 0 Å². The Morgan fingerprint density at radius 3 is 2.70 bits per heavy atom. The maximum Gasteiger partial charge on any atom is 0.125 e. The molecule has 130 valence electrons. The highest BCUT2D eigenvalue weighted by atomic mass is 16.5. The molecule has 1 N–H and O–H groups in total. The van der Waals surface area contributed by atoms with Crippen LogP contribution in [-0.4, -0.2) is 55.6 Å². The lowest BCUT2D eigenvalue weighted by Gasteiger charge is -2.28. The quantitative estimate of drug-likeness (QED) is 0.838. The highest BCUT2D eigenvalue weighted by Gasteiger charge is 2.18. The molecule has 2 atom stereocenters. The van der Waals surface area contributed by atoms with E-state index in [1.165, 1.54) is 18.4 Å². The largest absolute Gasteiger partial charge is 0.490 e. The molecular formula is C19H31NO3. The Hall–Kier alpha value is -1.10. The van der Waals surface area contributed by atoms with Crippen molar-refractivity contribution in [2.75, 3.05) is 33.4 Å². The number of hydrogen-bond donors (Lipinski definition) is 1. The lowest BCUT2D eigenvalue weighted by molar-refractivity contribution is -0.0109. The summed E-state index contributed by atoms with van der Waals surface area (Å²) in [5, 5.41) is 10.3. The Balaban J connectivity index is 1.78. The first-order valence-corrected chi connectivity index (χ1v) is 8.65. The van der Waals surface area contributed by atoms with Crippen LogP contribution in [0.2, 0.25) is 0 Å². The number of aliphatic hydroxyl groups is 1. The smallest absolute Gasteiger partial charge is 0.125 e. The third kappa shape index (κ3) is 5.48. The molecule has 1 aromatic rings. The average Bonchev–Trinajstić information content (AvgIpc) is 2.52. The van der Waals surface area contributed by atoms with Crippen LogP contribution in [0, 0.1) is 20.8 Å². The zero-order chi connectivity index (χ0) is 16.8. The lowest BCUT2D eigenvalue weighted by Crippen LogP contribution is -2.39. The Morgan fingerprint density at radius 2 is 2.00 bits per heavy atom. The number of likely N-dealkylation sites (N-methyl/N-ethyl adjacent to an activating group) is 1. The number of benzene rings is 1. The van der Waals surface area contributed by atoms with Gasteiger partial charge in [-0.05, 0) is 63.8 Å². The third-order valence-corrected chi connectivity index (χ3v) is 4.61. The minimum Gasteiger partial charge on any atom is -0.490 e. The number of ether oxygens (including phenoxy) is 2. The molecule has 4 nitrogen and oxygen atoms in total. The summed E-state index contributed by atoms with van der Waals surface area (Å²) in [6.45, 7) is 8.85. The first-order chi connectivity index (χ1) is 11.0. The van der Waals surface area contributed by atoms with E-state index in [9.17, 15) is 5.11 Å². The van der Waals surface area contributed by atoms with Crippen molar-refractivity contribution in [1.82, 2.24) is 4.90 Å². The van der Waals surface area contributed by atoms with Gasteiger partial charge in [0.15, 0.2) is 0 Å². The maximum absolute atomic E-state index is 10.3. The Bertz CT molecular complexity index is 498. The van der Waals surface area contributed by atoms with Gasteiger partial charge in [-0.25, -0.2) is 0 Å². The number of hydrogen-bond acceptors (Lipinski definition) is 4. The second kappa shape index (κ2) is 8.67. The van der Waals surface area contributed by atoms with Gasteiger partial charge >= 0.3 is 0 Å². The van der Waals surface area contributed by atoms with E-state index in [2.05, 4.69) is 30.9 Å². The monoisotopic (exact) mass is 321 g/mol. The summed E-state index contributed by atoms with van der Waals surface area (Å²) >= 11 is 0. The van der Waals surface area contributed by atoms with Crippen molar-refractivity contribution < 1.29 is 14.6 Å². The molecule has 1 aliphatic heterocycles. The van der Waals surface area contributed by atoms with Crippen molar-refractivity contribution >= 4 is 0 Å². The molecule has 0 saturated carbocycles. The normalized spacial score (nSPS) is 19.8. The molecule has 1 saturated heterocycles. The molecule has 2 rings (SSSR count). The minimum atomic E-state index is -0.497. The van der Waals surface area contributed by atoms with Crippen LogP contribution in [0.3, 0.4) is 0 Å². The van der Waals surface area contributed by atoms with Crippen molar-refractivity contribution in [3.63, 3.8) is 0 Å². The van der Waals surface area contributed by atoms with E-state index in [-0.39, 0.29) is 0 Å². The fraction of sp³-hybridized carbons (Fsp3) is 0.684. The van der Waals surface area contributed by atoms with Gasteiger partial charge in [-0.2, -0.15) is 0 Å². The molecule has 1 aromatic carbocycles. The summed E-state index contributed by atoms with van der Waals surface area (Å²) in [4.78, 5) is 2.14. The average molecular weight is 321 g/mol. The van der Waals surface area contributed by atoms with Crippen LogP contribution in [0.1, 0.15) is 36.0 Å². The van der Waals surface area contributed by atoms with Gasteiger partial charge in [-0.1, -0.05) is 12.1 Å². The van der Waals surface area contributed by atoms with Crippen LogP contribution in [0.4, 0.5) is 0 Å². The fourth-order valence-electron chi connectivity index (χ4n) is 3.11. The molecule has 1 fully saturated rings. The zero-order valence-electron chi connectivity index (χ0n) is 15.0. The summed E-state index contributed by atoms with van der Waals surface area (Å²) in [7, 11) is 2.03. The lowest BCUT2D eigenvalue weighted by atomic mass is 10.1. The molecule has 0 bridgehead atoms. The van der Waals surface area contributed by atoms with Crippen LogP contribution in [-0.2, 0) is 4.74 Å². The summed E-state index contributed by atoms with van der Waals surface area (Å²) < 4.78 is 11.6. The maximum atomic E-state index is 10.3. The molecule has 0 radical (unpaired) electrons. The van der Waals surface area contributed by atoms with Crippen LogP contribution in [0.15, 0.2) is 12.1 Å². The molecular weight excluding hydrogens is 290 g/mol. The van der Waals surface area contributed by atoms with E-state index in [0.29, 0.717) is 19.3 Å². The van der Waals surface area contributed by atoms with Gasteiger partial charge in [0.1, 0.15) is 18.5 Å². The molecule has 0 aliphatic carbocycles.